The van der Waals surface area contributed by atoms with Gasteiger partial charge in [0.05, 0.1) is 0 Å². The number of rotatable bonds is 5. The summed E-state index contributed by atoms with van der Waals surface area (Å²) in [5.41, 5.74) is 5.46. The Kier molecular flexibility index (Phi) is 5.83. The topological polar surface area (TPSA) is 50.7 Å². The van der Waals surface area contributed by atoms with Crippen LogP contribution in [0.15, 0.2) is 59.7 Å². The molecule has 25 heavy (non-hydrogen) atoms. The highest BCUT2D eigenvalue weighted by atomic mass is 16.5. The molecular weight excluding hydrogens is 312 g/mol. The number of carbonyl (C=O) groups is 1. The Labute approximate surface area is 148 Å². The molecule has 1 aliphatic rings. The quantitative estimate of drug-likeness (QED) is 0.814. The molecule has 1 fully saturated rings. The molecule has 1 N–H and O–H groups in total. The van der Waals surface area contributed by atoms with E-state index in [0.717, 1.165) is 36.3 Å². The lowest BCUT2D eigenvalue weighted by molar-refractivity contribution is 0.0954. The number of hydrogen-bond acceptors (Lipinski definition) is 3. The second kappa shape index (κ2) is 8.47. The smallest absolute Gasteiger partial charge is 0.271 e. The standard InChI is InChI=1S/C21H24N2O2/c1-16-6-5-9-19(14-16)22-23-21(24)18-10-12-20(13-11-18)25-15-17-7-3-2-4-8-17/h2-4,7-8,10-13,16H,5-6,9,14-15H2,1H3,(H,23,24)/b22-19+. The highest BCUT2D eigenvalue weighted by Crippen LogP contribution is 2.21. The van der Waals surface area contributed by atoms with Crippen molar-refractivity contribution in [3.05, 3.63) is 65.7 Å². The number of nitrogens with zero attached hydrogens (tertiary/aromatic N) is 1. The van der Waals surface area contributed by atoms with E-state index in [1.54, 1.807) is 12.1 Å². The van der Waals surface area contributed by atoms with E-state index in [0.29, 0.717) is 18.1 Å². The first-order valence-electron chi connectivity index (χ1n) is 8.83. The van der Waals surface area contributed by atoms with Crippen LogP contribution >= 0.6 is 0 Å². The van der Waals surface area contributed by atoms with Crippen LogP contribution in [0.25, 0.3) is 0 Å². The van der Waals surface area contributed by atoms with E-state index in [1.807, 2.05) is 42.5 Å². The molecular formula is C21H24N2O2. The monoisotopic (exact) mass is 336 g/mol. The van der Waals surface area contributed by atoms with Gasteiger partial charge in [0.25, 0.3) is 5.91 Å². The van der Waals surface area contributed by atoms with Crippen molar-refractivity contribution in [3.8, 4) is 5.75 Å². The summed E-state index contributed by atoms with van der Waals surface area (Å²) in [7, 11) is 0. The minimum absolute atomic E-state index is 0.180. The number of hydrazone groups is 1. The van der Waals surface area contributed by atoms with E-state index in [4.69, 9.17) is 4.74 Å². The molecule has 0 spiro atoms. The van der Waals surface area contributed by atoms with Gasteiger partial charge in [0.2, 0.25) is 0 Å². The number of hydrogen-bond donors (Lipinski definition) is 1. The van der Waals surface area contributed by atoms with Gasteiger partial charge >= 0.3 is 0 Å². The van der Waals surface area contributed by atoms with E-state index in [-0.39, 0.29) is 5.91 Å². The van der Waals surface area contributed by atoms with Gasteiger partial charge in [-0.25, -0.2) is 5.43 Å². The largest absolute Gasteiger partial charge is 0.489 e. The molecule has 0 aromatic heterocycles. The van der Waals surface area contributed by atoms with E-state index in [1.165, 1.54) is 6.42 Å². The summed E-state index contributed by atoms with van der Waals surface area (Å²) >= 11 is 0. The third-order valence-electron chi connectivity index (χ3n) is 4.43. The van der Waals surface area contributed by atoms with Crippen molar-refractivity contribution in [3.63, 3.8) is 0 Å². The maximum atomic E-state index is 12.2. The fraction of sp³-hybridized carbons (Fsp3) is 0.333. The lowest BCUT2D eigenvalue weighted by Crippen LogP contribution is -2.22. The van der Waals surface area contributed by atoms with Gasteiger partial charge in [-0.3, -0.25) is 4.79 Å². The average Bonchev–Trinajstić information content (AvgIpc) is 2.66. The molecule has 2 aromatic rings. The van der Waals surface area contributed by atoms with Crippen LogP contribution in [0.5, 0.6) is 5.75 Å². The van der Waals surface area contributed by atoms with Crippen LogP contribution in [0.2, 0.25) is 0 Å². The summed E-state index contributed by atoms with van der Waals surface area (Å²) in [5.74, 6) is 1.22. The summed E-state index contributed by atoms with van der Waals surface area (Å²) in [5, 5.41) is 4.29. The normalized spacial score (nSPS) is 18.8. The Morgan fingerprint density at radius 1 is 1.16 bits per heavy atom. The molecule has 4 heteroatoms. The van der Waals surface area contributed by atoms with Gasteiger partial charge in [-0.15, -0.1) is 0 Å². The number of amides is 1. The van der Waals surface area contributed by atoms with Crippen molar-refractivity contribution in [2.24, 2.45) is 11.0 Å². The Balaban J connectivity index is 1.52. The van der Waals surface area contributed by atoms with Gasteiger partial charge in [0.15, 0.2) is 0 Å². The van der Waals surface area contributed by atoms with Gasteiger partial charge in [-0.1, -0.05) is 37.3 Å². The van der Waals surface area contributed by atoms with E-state index in [9.17, 15) is 4.79 Å². The zero-order valence-corrected chi connectivity index (χ0v) is 14.6. The summed E-state index contributed by atoms with van der Waals surface area (Å²) in [6.07, 6.45) is 4.37. The van der Waals surface area contributed by atoms with Crippen molar-refractivity contribution in [1.82, 2.24) is 5.43 Å². The van der Waals surface area contributed by atoms with Gasteiger partial charge < -0.3 is 4.74 Å². The first-order chi connectivity index (χ1) is 12.2. The molecule has 1 amide bonds. The third-order valence-corrected chi connectivity index (χ3v) is 4.43. The van der Waals surface area contributed by atoms with E-state index in [2.05, 4.69) is 17.5 Å². The molecule has 1 saturated carbocycles. The summed E-state index contributed by atoms with van der Waals surface area (Å²) < 4.78 is 5.73. The molecule has 2 aromatic carbocycles. The predicted octanol–water partition coefficient (Wildman–Crippen LogP) is 4.56. The molecule has 130 valence electrons. The first kappa shape index (κ1) is 17.2. The molecule has 1 aliphatic carbocycles. The van der Waals surface area contributed by atoms with Crippen molar-refractivity contribution in [2.75, 3.05) is 0 Å². The number of nitrogens with one attached hydrogen (secondary N) is 1. The highest BCUT2D eigenvalue weighted by molar-refractivity contribution is 5.95. The molecule has 0 heterocycles. The maximum Gasteiger partial charge on any atom is 0.271 e. The molecule has 1 atom stereocenters. The maximum absolute atomic E-state index is 12.2. The minimum Gasteiger partial charge on any atom is -0.489 e. The number of benzene rings is 2. The van der Waals surface area contributed by atoms with Gasteiger partial charge in [0, 0.05) is 11.3 Å². The van der Waals surface area contributed by atoms with Crippen LogP contribution < -0.4 is 10.2 Å². The van der Waals surface area contributed by atoms with E-state index < -0.39 is 0 Å². The fourth-order valence-corrected chi connectivity index (χ4v) is 3.00. The molecule has 0 saturated heterocycles. The first-order valence-corrected chi connectivity index (χ1v) is 8.83. The van der Waals surface area contributed by atoms with Crippen molar-refractivity contribution in [1.29, 1.82) is 0 Å². The van der Waals surface area contributed by atoms with Crippen molar-refractivity contribution in [2.45, 2.75) is 39.2 Å². The Bertz CT molecular complexity index is 723. The Morgan fingerprint density at radius 3 is 2.64 bits per heavy atom. The summed E-state index contributed by atoms with van der Waals surface area (Å²) in [4.78, 5) is 12.2. The molecule has 0 bridgehead atoms. The zero-order chi connectivity index (χ0) is 17.5. The van der Waals surface area contributed by atoms with Crippen LogP contribution in [0, 0.1) is 5.92 Å². The Hall–Kier alpha value is -2.62. The molecule has 1 unspecified atom stereocenters. The van der Waals surface area contributed by atoms with Crippen LogP contribution in [0.4, 0.5) is 0 Å². The SMILES string of the molecule is CC1CCC/C(=N\NC(=O)c2ccc(OCc3ccccc3)cc2)C1. The number of ether oxygens (including phenoxy) is 1. The summed E-state index contributed by atoms with van der Waals surface area (Å²) in [6.45, 7) is 2.74. The average molecular weight is 336 g/mol. The van der Waals surface area contributed by atoms with Crippen LogP contribution in [-0.4, -0.2) is 11.6 Å². The molecule has 3 rings (SSSR count). The van der Waals surface area contributed by atoms with Crippen molar-refractivity contribution < 1.29 is 9.53 Å². The molecule has 4 nitrogen and oxygen atoms in total. The molecule has 0 aliphatic heterocycles. The van der Waals surface area contributed by atoms with Crippen LogP contribution in [-0.2, 0) is 6.61 Å². The lowest BCUT2D eigenvalue weighted by atomic mass is 9.89. The lowest BCUT2D eigenvalue weighted by Gasteiger charge is -2.18. The predicted molar refractivity (Wildman–Crippen MR) is 99.7 cm³/mol. The number of carbonyl (C=O) groups excluding carboxylic acids is 1. The minimum atomic E-state index is -0.180. The third kappa shape index (κ3) is 5.18. The van der Waals surface area contributed by atoms with Gasteiger partial charge in [-0.2, -0.15) is 5.10 Å². The second-order valence-electron chi connectivity index (χ2n) is 6.62. The van der Waals surface area contributed by atoms with Gasteiger partial charge in [0.1, 0.15) is 12.4 Å². The Morgan fingerprint density at radius 2 is 1.92 bits per heavy atom. The fourth-order valence-electron chi connectivity index (χ4n) is 3.00. The highest BCUT2D eigenvalue weighted by Gasteiger charge is 2.14. The van der Waals surface area contributed by atoms with Crippen LogP contribution in [0.3, 0.4) is 0 Å². The second-order valence-corrected chi connectivity index (χ2v) is 6.62. The summed E-state index contributed by atoms with van der Waals surface area (Å²) in [6, 6.07) is 17.1. The van der Waals surface area contributed by atoms with Crippen LogP contribution in [0.1, 0.15) is 48.5 Å². The molecule has 0 radical (unpaired) electrons. The van der Waals surface area contributed by atoms with Gasteiger partial charge in [-0.05, 0) is 61.4 Å². The zero-order valence-electron chi connectivity index (χ0n) is 14.6. The van der Waals surface area contributed by atoms with Crippen molar-refractivity contribution >= 4 is 11.6 Å². The van der Waals surface area contributed by atoms with E-state index >= 15 is 0 Å².